The van der Waals surface area contributed by atoms with Crippen LogP contribution < -0.4 is 4.74 Å². The Morgan fingerprint density at radius 1 is 0.800 bits per heavy atom. The summed E-state index contributed by atoms with van der Waals surface area (Å²) in [5, 5.41) is 0. The molecule has 160 valence electrons. The maximum Gasteiger partial charge on any atom is 0.119 e. The van der Waals surface area contributed by atoms with Gasteiger partial charge in [0.15, 0.2) is 0 Å². The molecule has 30 heavy (non-hydrogen) atoms. The highest BCUT2D eigenvalue weighted by Crippen LogP contribution is 2.36. The fraction of sp³-hybridized carbons (Fsp3) is 0.517. The van der Waals surface area contributed by atoms with Gasteiger partial charge in [0.2, 0.25) is 0 Å². The van der Waals surface area contributed by atoms with Gasteiger partial charge in [0.05, 0.1) is 6.61 Å². The standard InChI is InChI=1S/C29H38O/c1-3-5-6-7-23-30-29-21-19-28(20-22-29)27-17-15-26(16-18-27)14-13-25-11-9-24(8-4-2)10-12-25/h9-12,19-22,26-27H,3-8,15-18,23H2,1-2H3. The molecule has 3 rings (SSSR count). The monoisotopic (exact) mass is 402 g/mol. The normalized spacial score (nSPS) is 18.5. The first-order valence-electron chi connectivity index (χ1n) is 12.1. The number of benzene rings is 2. The Morgan fingerprint density at radius 3 is 2.20 bits per heavy atom. The minimum absolute atomic E-state index is 0.544. The quantitative estimate of drug-likeness (QED) is 0.306. The molecule has 1 fully saturated rings. The predicted octanol–water partition coefficient (Wildman–Crippen LogP) is 7.92. The molecule has 0 saturated heterocycles. The van der Waals surface area contributed by atoms with E-state index >= 15 is 0 Å². The van der Waals surface area contributed by atoms with E-state index < -0.39 is 0 Å². The van der Waals surface area contributed by atoms with Crippen molar-refractivity contribution in [1.82, 2.24) is 0 Å². The number of rotatable bonds is 9. The molecule has 2 aromatic rings. The largest absolute Gasteiger partial charge is 0.494 e. The third-order valence-electron chi connectivity index (χ3n) is 6.26. The zero-order chi connectivity index (χ0) is 21.0. The van der Waals surface area contributed by atoms with Gasteiger partial charge in [-0.05, 0) is 79.8 Å². The van der Waals surface area contributed by atoms with Gasteiger partial charge in [-0.25, -0.2) is 0 Å². The van der Waals surface area contributed by atoms with Gasteiger partial charge in [-0.15, -0.1) is 0 Å². The third kappa shape index (κ3) is 7.24. The molecule has 1 aliphatic rings. The van der Waals surface area contributed by atoms with Crippen molar-refractivity contribution in [1.29, 1.82) is 0 Å². The Bertz CT molecular complexity index is 783. The molecule has 0 N–H and O–H groups in total. The van der Waals surface area contributed by atoms with Crippen molar-refractivity contribution in [2.24, 2.45) is 5.92 Å². The van der Waals surface area contributed by atoms with Gasteiger partial charge in [-0.1, -0.05) is 75.6 Å². The molecule has 0 bridgehead atoms. The summed E-state index contributed by atoms with van der Waals surface area (Å²) >= 11 is 0. The number of hydrogen-bond donors (Lipinski definition) is 0. The summed E-state index contributed by atoms with van der Waals surface area (Å²) in [6.45, 7) is 5.30. The van der Waals surface area contributed by atoms with Crippen molar-refractivity contribution in [3.8, 4) is 17.6 Å². The molecule has 1 aliphatic carbocycles. The zero-order valence-electron chi connectivity index (χ0n) is 19.0. The zero-order valence-corrected chi connectivity index (χ0v) is 19.0. The first-order chi connectivity index (χ1) is 14.8. The summed E-state index contributed by atoms with van der Waals surface area (Å²) in [6, 6.07) is 17.7. The molecular weight excluding hydrogens is 364 g/mol. The van der Waals surface area contributed by atoms with Gasteiger partial charge in [-0.2, -0.15) is 0 Å². The van der Waals surface area contributed by atoms with Crippen molar-refractivity contribution >= 4 is 0 Å². The number of unbranched alkanes of at least 4 members (excludes halogenated alkanes) is 3. The van der Waals surface area contributed by atoms with Crippen LogP contribution in [0.2, 0.25) is 0 Å². The van der Waals surface area contributed by atoms with Crippen LogP contribution in [-0.2, 0) is 6.42 Å². The molecule has 1 heteroatoms. The van der Waals surface area contributed by atoms with Gasteiger partial charge >= 0.3 is 0 Å². The molecule has 0 atom stereocenters. The maximum atomic E-state index is 5.89. The lowest BCUT2D eigenvalue weighted by Crippen LogP contribution is -2.12. The van der Waals surface area contributed by atoms with Crippen molar-refractivity contribution in [2.75, 3.05) is 6.61 Å². The van der Waals surface area contributed by atoms with Crippen molar-refractivity contribution in [3.05, 3.63) is 65.2 Å². The summed E-state index contributed by atoms with van der Waals surface area (Å²) < 4.78 is 5.89. The molecular formula is C29H38O. The SMILES string of the molecule is CCCCCCOc1ccc(C2CCC(C#Cc3ccc(CCC)cc3)CC2)cc1. The first kappa shape index (κ1) is 22.5. The van der Waals surface area contributed by atoms with E-state index in [0.717, 1.165) is 30.8 Å². The Balaban J connectivity index is 1.43. The smallest absolute Gasteiger partial charge is 0.119 e. The second-order valence-electron chi connectivity index (χ2n) is 8.74. The van der Waals surface area contributed by atoms with Gasteiger partial charge < -0.3 is 4.74 Å². The van der Waals surface area contributed by atoms with Gasteiger partial charge in [0.1, 0.15) is 5.75 Å². The predicted molar refractivity (Wildman–Crippen MR) is 128 cm³/mol. The van der Waals surface area contributed by atoms with Gasteiger partial charge in [0, 0.05) is 11.5 Å². The first-order valence-corrected chi connectivity index (χ1v) is 12.1. The van der Waals surface area contributed by atoms with E-state index in [2.05, 4.69) is 74.2 Å². The van der Waals surface area contributed by atoms with Crippen LogP contribution in [0.4, 0.5) is 0 Å². The average Bonchev–Trinajstić information content (AvgIpc) is 2.79. The van der Waals surface area contributed by atoms with E-state index in [1.807, 2.05) is 0 Å². The van der Waals surface area contributed by atoms with Crippen LogP contribution in [0.3, 0.4) is 0 Å². The van der Waals surface area contributed by atoms with Crippen LogP contribution in [0.1, 0.15) is 94.2 Å². The average molecular weight is 403 g/mol. The summed E-state index contributed by atoms with van der Waals surface area (Å²) in [5.74, 6) is 9.18. The lowest BCUT2D eigenvalue weighted by Gasteiger charge is -2.26. The highest BCUT2D eigenvalue weighted by molar-refractivity contribution is 5.37. The minimum atomic E-state index is 0.544. The highest BCUT2D eigenvalue weighted by Gasteiger charge is 2.21. The molecule has 0 heterocycles. The van der Waals surface area contributed by atoms with Crippen LogP contribution in [-0.4, -0.2) is 6.61 Å². The number of ether oxygens (including phenoxy) is 1. The summed E-state index contributed by atoms with van der Waals surface area (Å²) in [7, 11) is 0. The molecule has 0 unspecified atom stereocenters. The highest BCUT2D eigenvalue weighted by atomic mass is 16.5. The van der Waals surface area contributed by atoms with Crippen LogP contribution >= 0.6 is 0 Å². The summed E-state index contributed by atoms with van der Waals surface area (Å²) in [6.07, 6.45) is 12.3. The van der Waals surface area contributed by atoms with Crippen LogP contribution in [0.15, 0.2) is 48.5 Å². The van der Waals surface area contributed by atoms with Crippen molar-refractivity contribution in [3.63, 3.8) is 0 Å². The molecule has 0 spiro atoms. The van der Waals surface area contributed by atoms with E-state index in [4.69, 9.17) is 4.74 Å². The minimum Gasteiger partial charge on any atom is -0.494 e. The van der Waals surface area contributed by atoms with E-state index in [0.29, 0.717) is 11.8 Å². The fourth-order valence-electron chi connectivity index (χ4n) is 4.35. The Kier molecular flexibility index (Phi) is 9.36. The molecule has 1 saturated carbocycles. The molecule has 0 amide bonds. The number of aryl methyl sites for hydroxylation is 1. The molecule has 2 aromatic carbocycles. The van der Waals surface area contributed by atoms with Gasteiger partial charge in [0.25, 0.3) is 0 Å². The van der Waals surface area contributed by atoms with Crippen LogP contribution in [0.5, 0.6) is 5.75 Å². The third-order valence-corrected chi connectivity index (χ3v) is 6.26. The van der Waals surface area contributed by atoms with Gasteiger partial charge in [-0.3, -0.25) is 0 Å². The van der Waals surface area contributed by atoms with E-state index in [1.54, 1.807) is 0 Å². The van der Waals surface area contributed by atoms with E-state index in [9.17, 15) is 0 Å². The second-order valence-corrected chi connectivity index (χ2v) is 8.74. The lowest BCUT2D eigenvalue weighted by molar-refractivity contribution is 0.304. The molecule has 1 nitrogen and oxygen atoms in total. The topological polar surface area (TPSA) is 9.23 Å². The van der Waals surface area contributed by atoms with Crippen LogP contribution in [0.25, 0.3) is 0 Å². The van der Waals surface area contributed by atoms with E-state index in [-0.39, 0.29) is 0 Å². The summed E-state index contributed by atoms with van der Waals surface area (Å²) in [4.78, 5) is 0. The Labute approximate surface area is 184 Å². The Morgan fingerprint density at radius 2 is 1.53 bits per heavy atom. The maximum absolute atomic E-state index is 5.89. The van der Waals surface area contributed by atoms with Crippen molar-refractivity contribution < 1.29 is 4.74 Å². The lowest BCUT2D eigenvalue weighted by atomic mass is 9.79. The molecule has 0 aliphatic heterocycles. The second kappa shape index (κ2) is 12.5. The Hall–Kier alpha value is -2.20. The molecule has 0 radical (unpaired) electrons. The van der Waals surface area contributed by atoms with E-state index in [1.165, 1.54) is 62.5 Å². The fourth-order valence-corrected chi connectivity index (χ4v) is 4.35. The van der Waals surface area contributed by atoms with Crippen molar-refractivity contribution in [2.45, 2.75) is 84.0 Å². The molecule has 0 aromatic heterocycles. The summed E-state index contributed by atoms with van der Waals surface area (Å²) in [5.41, 5.74) is 4.03. The number of hydrogen-bond acceptors (Lipinski definition) is 1. The van der Waals surface area contributed by atoms with Crippen LogP contribution in [0, 0.1) is 17.8 Å².